The standard InChI is InChI=1S/C17H18FN.C4H4O4/c18-17-15-7-2-1-4-12(15)8-9-16(17)19-10-13-5-3-6-14(13)11-19;5-3(6)1-2-4(7)8/h1-2,4,7-9,13-14H,3,5-6,10-11H2;1-2H,(H,5,6)(H,7,8)/b;2-1-. The molecule has 0 bridgehead atoms. The number of rotatable bonds is 3. The number of fused-ring (bicyclic) bond motifs is 2. The Bertz CT molecular complexity index is 852. The maximum absolute atomic E-state index is 14.7. The second kappa shape index (κ2) is 8.20. The molecule has 0 amide bonds. The largest absolute Gasteiger partial charge is 0.478 e. The van der Waals surface area contributed by atoms with E-state index in [1.54, 1.807) is 0 Å². The first-order valence-corrected chi connectivity index (χ1v) is 9.02. The van der Waals surface area contributed by atoms with Crippen LogP contribution in [0.3, 0.4) is 0 Å². The minimum atomic E-state index is -1.26. The van der Waals surface area contributed by atoms with Gasteiger partial charge in [-0.2, -0.15) is 0 Å². The van der Waals surface area contributed by atoms with Gasteiger partial charge in [0.25, 0.3) is 0 Å². The van der Waals surface area contributed by atoms with E-state index < -0.39 is 11.9 Å². The van der Waals surface area contributed by atoms with Crippen molar-refractivity contribution in [2.24, 2.45) is 11.8 Å². The number of anilines is 1. The number of benzene rings is 2. The predicted molar refractivity (Wildman–Crippen MR) is 101 cm³/mol. The average Bonchev–Trinajstić information content (AvgIpc) is 3.23. The van der Waals surface area contributed by atoms with Gasteiger partial charge in [0, 0.05) is 30.6 Å². The highest BCUT2D eigenvalue weighted by molar-refractivity contribution is 5.89. The summed E-state index contributed by atoms with van der Waals surface area (Å²) in [6.07, 6.45) is 5.14. The van der Waals surface area contributed by atoms with Gasteiger partial charge >= 0.3 is 11.9 Å². The van der Waals surface area contributed by atoms with Gasteiger partial charge in [0.2, 0.25) is 0 Å². The highest BCUT2D eigenvalue weighted by atomic mass is 19.1. The monoisotopic (exact) mass is 371 g/mol. The maximum Gasteiger partial charge on any atom is 0.328 e. The van der Waals surface area contributed by atoms with Crippen LogP contribution >= 0.6 is 0 Å². The smallest absolute Gasteiger partial charge is 0.328 e. The third-order valence-electron chi connectivity index (χ3n) is 5.28. The van der Waals surface area contributed by atoms with Crippen molar-refractivity contribution in [3.8, 4) is 0 Å². The normalized spacial score (nSPS) is 21.1. The number of hydrogen-bond acceptors (Lipinski definition) is 3. The molecule has 2 aliphatic rings. The fourth-order valence-electron chi connectivity index (χ4n) is 4.04. The highest BCUT2D eigenvalue weighted by Crippen LogP contribution is 2.40. The molecule has 1 saturated heterocycles. The summed E-state index contributed by atoms with van der Waals surface area (Å²) in [4.78, 5) is 21.4. The minimum absolute atomic E-state index is 0.0435. The Morgan fingerprint density at radius 1 is 0.963 bits per heavy atom. The van der Waals surface area contributed by atoms with Crippen LogP contribution in [0.25, 0.3) is 10.8 Å². The van der Waals surface area contributed by atoms with E-state index in [4.69, 9.17) is 10.2 Å². The van der Waals surface area contributed by atoms with Crippen LogP contribution in [-0.4, -0.2) is 35.2 Å². The van der Waals surface area contributed by atoms with E-state index in [0.717, 1.165) is 41.4 Å². The molecule has 6 heteroatoms. The van der Waals surface area contributed by atoms with E-state index in [2.05, 4.69) is 4.90 Å². The molecule has 2 atom stereocenters. The van der Waals surface area contributed by atoms with Crippen molar-refractivity contribution >= 4 is 28.4 Å². The molecule has 2 aromatic rings. The molecule has 0 radical (unpaired) electrons. The van der Waals surface area contributed by atoms with Crippen molar-refractivity contribution in [1.29, 1.82) is 0 Å². The quantitative estimate of drug-likeness (QED) is 0.800. The lowest BCUT2D eigenvalue weighted by Crippen LogP contribution is -2.21. The molecule has 0 spiro atoms. The Hall–Kier alpha value is -2.89. The summed E-state index contributed by atoms with van der Waals surface area (Å²) in [5.74, 6) is -0.963. The molecule has 1 aliphatic heterocycles. The van der Waals surface area contributed by atoms with Crippen LogP contribution in [0.2, 0.25) is 0 Å². The van der Waals surface area contributed by atoms with E-state index in [-0.39, 0.29) is 5.82 Å². The van der Waals surface area contributed by atoms with Gasteiger partial charge in [0.05, 0.1) is 5.69 Å². The Labute approximate surface area is 156 Å². The fourth-order valence-corrected chi connectivity index (χ4v) is 4.04. The van der Waals surface area contributed by atoms with Crippen molar-refractivity contribution in [3.63, 3.8) is 0 Å². The van der Waals surface area contributed by atoms with Crippen LogP contribution in [0, 0.1) is 17.7 Å². The number of carboxylic acid groups (broad SMARTS) is 2. The van der Waals surface area contributed by atoms with Gasteiger partial charge in [-0.05, 0) is 36.1 Å². The third kappa shape index (κ3) is 4.45. The predicted octanol–water partition coefficient (Wildman–Crippen LogP) is 3.93. The number of aliphatic carboxylic acids is 2. The summed E-state index contributed by atoms with van der Waals surface area (Å²) in [7, 11) is 0. The highest BCUT2D eigenvalue weighted by Gasteiger charge is 2.36. The zero-order valence-electron chi connectivity index (χ0n) is 14.8. The molecule has 4 rings (SSSR count). The van der Waals surface area contributed by atoms with Gasteiger partial charge in [-0.25, -0.2) is 14.0 Å². The SMILES string of the molecule is Fc1c(N2CC3CCCC3C2)ccc2ccccc12.O=C(O)/C=C\C(=O)O. The van der Waals surface area contributed by atoms with Gasteiger partial charge in [-0.1, -0.05) is 36.8 Å². The van der Waals surface area contributed by atoms with Crippen LogP contribution in [-0.2, 0) is 9.59 Å². The molecule has 2 unspecified atom stereocenters. The molecule has 27 heavy (non-hydrogen) atoms. The van der Waals surface area contributed by atoms with Crippen LogP contribution in [0.1, 0.15) is 19.3 Å². The first kappa shape index (κ1) is 18.9. The van der Waals surface area contributed by atoms with Crippen LogP contribution in [0.15, 0.2) is 48.6 Å². The molecular weight excluding hydrogens is 349 g/mol. The van der Waals surface area contributed by atoms with Gasteiger partial charge in [0.15, 0.2) is 5.82 Å². The van der Waals surface area contributed by atoms with E-state index in [1.807, 2.05) is 36.4 Å². The molecule has 142 valence electrons. The number of halogens is 1. The molecule has 1 saturated carbocycles. The second-order valence-corrected chi connectivity index (χ2v) is 6.99. The number of carboxylic acids is 2. The van der Waals surface area contributed by atoms with Gasteiger partial charge < -0.3 is 15.1 Å². The van der Waals surface area contributed by atoms with Gasteiger partial charge in [-0.15, -0.1) is 0 Å². The molecule has 0 aromatic heterocycles. The first-order chi connectivity index (χ1) is 13.0. The van der Waals surface area contributed by atoms with Crippen molar-refractivity contribution in [3.05, 3.63) is 54.4 Å². The summed E-state index contributed by atoms with van der Waals surface area (Å²) >= 11 is 0. The molecule has 2 fully saturated rings. The molecule has 2 N–H and O–H groups in total. The lowest BCUT2D eigenvalue weighted by Gasteiger charge is -2.21. The molecule has 5 nitrogen and oxygen atoms in total. The third-order valence-corrected chi connectivity index (χ3v) is 5.28. The van der Waals surface area contributed by atoms with Crippen molar-refractivity contribution in [1.82, 2.24) is 0 Å². The topological polar surface area (TPSA) is 77.8 Å². The number of carbonyl (C=O) groups is 2. The fraction of sp³-hybridized carbons (Fsp3) is 0.333. The average molecular weight is 371 g/mol. The van der Waals surface area contributed by atoms with E-state index >= 15 is 0 Å². The van der Waals surface area contributed by atoms with E-state index in [0.29, 0.717) is 12.2 Å². The zero-order chi connectivity index (χ0) is 19.4. The van der Waals surface area contributed by atoms with Gasteiger partial charge in [-0.3, -0.25) is 0 Å². The molecule has 1 aliphatic carbocycles. The second-order valence-electron chi connectivity index (χ2n) is 6.99. The molecule has 2 aromatic carbocycles. The maximum atomic E-state index is 14.7. The lowest BCUT2D eigenvalue weighted by atomic mass is 10.0. The van der Waals surface area contributed by atoms with Crippen LogP contribution in [0.5, 0.6) is 0 Å². The van der Waals surface area contributed by atoms with E-state index in [1.165, 1.54) is 19.3 Å². The minimum Gasteiger partial charge on any atom is -0.478 e. The Kier molecular flexibility index (Phi) is 5.74. The zero-order valence-corrected chi connectivity index (χ0v) is 14.8. The Morgan fingerprint density at radius 3 is 2.15 bits per heavy atom. The summed E-state index contributed by atoms with van der Waals surface area (Å²) in [6, 6.07) is 11.7. The van der Waals surface area contributed by atoms with Crippen molar-refractivity contribution in [2.45, 2.75) is 19.3 Å². The van der Waals surface area contributed by atoms with Crippen molar-refractivity contribution < 1.29 is 24.2 Å². The summed E-state index contributed by atoms with van der Waals surface area (Å²) in [5.41, 5.74) is 0.799. The summed E-state index contributed by atoms with van der Waals surface area (Å²) in [6.45, 7) is 2.08. The van der Waals surface area contributed by atoms with Gasteiger partial charge in [0.1, 0.15) is 0 Å². The van der Waals surface area contributed by atoms with Crippen molar-refractivity contribution in [2.75, 3.05) is 18.0 Å². The summed E-state index contributed by atoms with van der Waals surface area (Å²) in [5, 5.41) is 17.4. The number of hydrogen-bond donors (Lipinski definition) is 2. The van der Waals surface area contributed by atoms with E-state index in [9.17, 15) is 14.0 Å². The van der Waals surface area contributed by atoms with Crippen LogP contribution < -0.4 is 4.90 Å². The lowest BCUT2D eigenvalue weighted by molar-refractivity contribution is -0.134. The Balaban J connectivity index is 0.000000226. The number of nitrogens with zero attached hydrogens (tertiary/aromatic N) is 1. The molecule has 1 heterocycles. The Morgan fingerprint density at radius 2 is 1.56 bits per heavy atom. The summed E-state index contributed by atoms with van der Waals surface area (Å²) < 4.78 is 14.7. The molecular formula is C21H22FNO4. The first-order valence-electron chi connectivity index (χ1n) is 9.02. The van der Waals surface area contributed by atoms with Crippen LogP contribution in [0.4, 0.5) is 10.1 Å².